The second-order valence-electron chi connectivity index (χ2n) is 3.65. The van der Waals surface area contributed by atoms with Gasteiger partial charge in [0.15, 0.2) is 9.84 Å². The van der Waals surface area contributed by atoms with Gasteiger partial charge < -0.3 is 10.2 Å². The Kier molecular flexibility index (Phi) is 9.78. The Balaban J connectivity index is 0. The highest BCUT2D eigenvalue weighted by Crippen LogP contribution is 2.02. The molecule has 0 amide bonds. The Morgan fingerprint density at radius 3 is 1.22 bits per heavy atom. The van der Waals surface area contributed by atoms with Gasteiger partial charge in [0, 0.05) is 0 Å². The number of hydrogen-bond acceptors (Lipinski definition) is 6. The molecule has 0 radical (unpaired) electrons. The number of sulfone groups is 1. The van der Waals surface area contributed by atoms with Gasteiger partial charge in [-0.05, 0) is 12.8 Å². The second-order valence-corrected chi connectivity index (χ2v) is 6.70. The molecule has 0 heterocycles. The zero-order valence-electron chi connectivity index (χ0n) is 10.2. The zero-order chi connectivity index (χ0) is 15.0. The Hall–Kier alpha value is -0.260. The van der Waals surface area contributed by atoms with E-state index in [2.05, 4.69) is 0 Å². The van der Waals surface area contributed by atoms with E-state index >= 15 is 0 Å². The predicted octanol–water partition coefficient (Wildman–Crippen LogP) is -0.710. The number of aliphatic hydroxyl groups is 2. The zero-order valence-corrected chi connectivity index (χ0v) is 11.9. The molecule has 0 aliphatic rings. The van der Waals surface area contributed by atoms with Crippen LogP contribution in [-0.2, 0) is 20.2 Å². The molecule has 10 heteroatoms. The van der Waals surface area contributed by atoms with Crippen LogP contribution in [0, 0.1) is 0 Å². The van der Waals surface area contributed by atoms with Gasteiger partial charge in [-0.3, -0.25) is 9.11 Å². The minimum Gasteiger partial charge on any atom is -0.392 e. The standard InChI is InChI=1S/C8H18O4S.H2O4S/c1-3-7(9)5-13(11,12)6-8(10)4-2;1-5(2,3)4/h7-10H,3-6H2,1-2H3;(H2,1,2,3,4). The summed E-state index contributed by atoms with van der Waals surface area (Å²) in [4.78, 5) is 0. The Bertz CT molecular complexity index is 373. The molecule has 2 unspecified atom stereocenters. The second kappa shape index (κ2) is 8.77. The number of aliphatic hydroxyl groups excluding tert-OH is 2. The van der Waals surface area contributed by atoms with Gasteiger partial charge in [-0.2, -0.15) is 8.42 Å². The van der Waals surface area contributed by atoms with Crippen molar-refractivity contribution < 1.29 is 36.2 Å². The van der Waals surface area contributed by atoms with E-state index in [0.29, 0.717) is 12.8 Å². The van der Waals surface area contributed by atoms with Crippen LogP contribution in [0.25, 0.3) is 0 Å². The summed E-state index contributed by atoms with van der Waals surface area (Å²) in [6.45, 7) is 3.44. The van der Waals surface area contributed by atoms with Crippen molar-refractivity contribution in [1.82, 2.24) is 0 Å². The minimum absolute atomic E-state index is 0.249. The number of hydrogen-bond donors (Lipinski definition) is 4. The summed E-state index contributed by atoms with van der Waals surface area (Å²) in [7, 11) is -7.97. The van der Waals surface area contributed by atoms with Crippen LogP contribution in [0.5, 0.6) is 0 Å². The average Bonchev–Trinajstić information content (AvgIpc) is 2.13. The molecule has 0 saturated carbocycles. The Morgan fingerprint density at radius 1 is 0.833 bits per heavy atom. The summed E-state index contributed by atoms with van der Waals surface area (Å²) in [5, 5.41) is 18.2. The van der Waals surface area contributed by atoms with E-state index in [1.807, 2.05) is 0 Å². The lowest BCUT2D eigenvalue weighted by atomic mass is 10.3. The highest BCUT2D eigenvalue weighted by molar-refractivity contribution is 7.91. The van der Waals surface area contributed by atoms with Crippen molar-refractivity contribution in [3.8, 4) is 0 Å². The first-order valence-electron chi connectivity index (χ1n) is 5.17. The van der Waals surface area contributed by atoms with E-state index in [-0.39, 0.29) is 11.5 Å². The number of rotatable bonds is 6. The molecule has 0 aromatic rings. The molecular weight excluding hydrogens is 288 g/mol. The van der Waals surface area contributed by atoms with Gasteiger partial charge in [-0.1, -0.05) is 13.8 Å². The van der Waals surface area contributed by atoms with Crippen molar-refractivity contribution in [2.45, 2.75) is 38.9 Å². The highest BCUT2D eigenvalue weighted by atomic mass is 32.3. The van der Waals surface area contributed by atoms with Gasteiger partial charge in [-0.15, -0.1) is 0 Å². The molecule has 0 bridgehead atoms. The highest BCUT2D eigenvalue weighted by Gasteiger charge is 2.19. The predicted molar refractivity (Wildman–Crippen MR) is 65.4 cm³/mol. The average molecular weight is 308 g/mol. The minimum atomic E-state index is -4.67. The lowest BCUT2D eigenvalue weighted by Crippen LogP contribution is -2.27. The molecule has 0 rings (SSSR count). The Morgan fingerprint density at radius 2 is 1.06 bits per heavy atom. The lowest BCUT2D eigenvalue weighted by Gasteiger charge is -2.11. The normalized spacial score (nSPS) is 15.4. The molecular formula is C8H20O8S2. The van der Waals surface area contributed by atoms with Crippen LogP contribution in [0.4, 0.5) is 0 Å². The van der Waals surface area contributed by atoms with Crippen LogP contribution in [0.3, 0.4) is 0 Å². The summed E-state index contributed by atoms with van der Waals surface area (Å²) >= 11 is 0. The van der Waals surface area contributed by atoms with Crippen LogP contribution in [0.2, 0.25) is 0 Å². The summed E-state index contributed by atoms with van der Waals surface area (Å²) in [5.41, 5.74) is 0. The van der Waals surface area contributed by atoms with E-state index in [1.165, 1.54) is 0 Å². The van der Waals surface area contributed by atoms with Crippen molar-refractivity contribution in [2.75, 3.05) is 11.5 Å². The molecule has 8 nitrogen and oxygen atoms in total. The third-order valence-corrected chi connectivity index (χ3v) is 3.62. The van der Waals surface area contributed by atoms with Crippen molar-refractivity contribution in [1.29, 1.82) is 0 Å². The maximum Gasteiger partial charge on any atom is 0.394 e. The summed E-state index contributed by atoms with van der Waals surface area (Å²) in [6.07, 6.45) is -0.786. The first kappa shape index (κ1) is 20.1. The van der Waals surface area contributed by atoms with Crippen molar-refractivity contribution >= 4 is 20.2 Å². The first-order chi connectivity index (χ1) is 7.91. The van der Waals surface area contributed by atoms with Gasteiger partial charge in [0.2, 0.25) is 0 Å². The van der Waals surface area contributed by atoms with Gasteiger partial charge in [0.05, 0.1) is 23.7 Å². The van der Waals surface area contributed by atoms with Crippen molar-refractivity contribution in [3.05, 3.63) is 0 Å². The molecule has 112 valence electrons. The summed E-state index contributed by atoms with van der Waals surface area (Å²) in [6, 6.07) is 0. The fraction of sp³-hybridized carbons (Fsp3) is 1.00. The largest absolute Gasteiger partial charge is 0.394 e. The fourth-order valence-corrected chi connectivity index (χ4v) is 2.67. The first-order valence-corrected chi connectivity index (χ1v) is 8.39. The molecule has 4 N–H and O–H groups in total. The fourth-order valence-electron chi connectivity index (χ4n) is 0.890. The molecule has 0 aromatic carbocycles. The maximum atomic E-state index is 11.2. The molecule has 0 aliphatic heterocycles. The maximum absolute atomic E-state index is 11.2. The molecule has 0 saturated heterocycles. The monoisotopic (exact) mass is 308 g/mol. The van der Waals surface area contributed by atoms with Crippen LogP contribution < -0.4 is 0 Å². The lowest BCUT2D eigenvalue weighted by molar-refractivity contribution is 0.186. The third-order valence-electron chi connectivity index (χ3n) is 1.84. The van der Waals surface area contributed by atoms with Gasteiger partial charge in [0.1, 0.15) is 0 Å². The summed E-state index contributed by atoms with van der Waals surface area (Å²) in [5.74, 6) is -0.499. The van der Waals surface area contributed by atoms with Gasteiger partial charge >= 0.3 is 10.4 Å². The van der Waals surface area contributed by atoms with Crippen LogP contribution >= 0.6 is 0 Å². The van der Waals surface area contributed by atoms with Gasteiger partial charge in [0.25, 0.3) is 0 Å². The molecule has 2 atom stereocenters. The van der Waals surface area contributed by atoms with Crippen molar-refractivity contribution in [2.24, 2.45) is 0 Å². The topological polar surface area (TPSA) is 149 Å². The van der Waals surface area contributed by atoms with E-state index in [4.69, 9.17) is 27.7 Å². The van der Waals surface area contributed by atoms with Crippen molar-refractivity contribution in [3.63, 3.8) is 0 Å². The molecule has 0 aromatic heterocycles. The van der Waals surface area contributed by atoms with Crippen LogP contribution in [-0.4, -0.2) is 59.9 Å². The smallest absolute Gasteiger partial charge is 0.392 e. The van der Waals surface area contributed by atoms with E-state index < -0.39 is 32.4 Å². The third kappa shape index (κ3) is 18.1. The molecule has 18 heavy (non-hydrogen) atoms. The summed E-state index contributed by atoms with van der Waals surface area (Å²) < 4.78 is 54.1. The van der Waals surface area contributed by atoms with Gasteiger partial charge in [-0.25, -0.2) is 8.42 Å². The molecule has 0 aliphatic carbocycles. The van der Waals surface area contributed by atoms with E-state index in [1.54, 1.807) is 13.8 Å². The quantitative estimate of drug-likeness (QED) is 0.470. The molecule has 0 fully saturated rings. The SMILES string of the molecule is CCC(O)CS(=O)(=O)CC(O)CC.O=S(=O)(O)O. The molecule has 0 spiro atoms. The van der Waals surface area contributed by atoms with Crippen LogP contribution in [0.1, 0.15) is 26.7 Å². The Labute approximate surface area is 107 Å². The van der Waals surface area contributed by atoms with E-state index in [0.717, 1.165) is 0 Å². The van der Waals surface area contributed by atoms with Crippen LogP contribution in [0.15, 0.2) is 0 Å². The van der Waals surface area contributed by atoms with E-state index in [9.17, 15) is 8.42 Å².